The van der Waals surface area contributed by atoms with Gasteiger partial charge in [0.2, 0.25) is 5.91 Å². The highest BCUT2D eigenvalue weighted by Gasteiger charge is 2.14. The summed E-state index contributed by atoms with van der Waals surface area (Å²) < 4.78 is 15.0. The minimum absolute atomic E-state index is 0.0751. The van der Waals surface area contributed by atoms with Crippen LogP contribution >= 0.6 is 0 Å². The zero-order chi connectivity index (χ0) is 16.1. The van der Waals surface area contributed by atoms with Crippen molar-refractivity contribution >= 4 is 5.91 Å². The number of nitrogens with one attached hydrogen (secondary N) is 2. The van der Waals surface area contributed by atoms with Crippen LogP contribution < -0.4 is 10.6 Å². The SMILES string of the molecule is O=C(Cc1ccc(F)cc1)NCCc1nnc2n1CCNCC2. The van der Waals surface area contributed by atoms with E-state index < -0.39 is 0 Å². The summed E-state index contributed by atoms with van der Waals surface area (Å²) in [5.41, 5.74) is 0.798. The molecule has 122 valence electrons. The van der Waals surface area contributed by atoms with E-state index in [0.29, 0.717) is 13.0 Å². The molecule has 2 aromatic rings. The van der Waals surface area contributed by atoms with Crippen molar-refractivity contribution in [3.8, 4) is 0 Å². The standard InChI is InChI=1S/C16H20FN5O/c17-13-3-1-12(2-4-13)11-16(23)19-8-6-15-21-20-14-5-7-18-9-10-22(14)15/h1-4,18H,5-11H2,(H,19,23). The van der Waals surface area contributed by atoms with Crippen LogP contribution in [0.3, 0.4) is 0 Å². The van der Waals surface area contributed by atoms with Gasteiger partial charge in [0.15, 0.2) is 0 Å². The molecule has 0 atom stereocenters. The summed E-state index contributed by atoms with van der Waals surface area (Å²) in [6, 6.07) is 5.98. The van der Waals surface area contributed by atoms with Crippen molar-refractivity contribution in [2.75, 3.05) is 19.6 Å². The van der Waals surface area contributed by atoms with Crippen LogP contribution in [0.25, 0.3) is 0 Å². The van der Waals surface area contributed by atoms with Gasteiger partial charge in [0.1, 0.15) is 17.5 Å². The third-order valence-electron chi connectivity index (χ3n) is 3.89. The van der Waals surface area contributed by atoms with Gasteiger partial charge in [-0.2, -0.15) is 0 Å². The molecule has 2 N–H and O–H groups in total. The lowest BCUT2D eigenvalue weighted by Crippen LogP contribution is -2.28. The third kappa shape index (κ3) is 4.13. The summed E-state index contributed by atoms with van der Waals surface area (Å²) in [4.78, 5) is 11.9. The number of rotatable bonds is 5. The summed E-state index contributed by atoms with van der Waals surface area (Å²) in [7, 11) is 0. The molecule has 0 bridgehead atoms. The van der Waals surface area contributed by atoms with Gasteiger partial charge < -0.3 is 15.2 Å². The van der Waals surface area contributed by atoms with Gasteiger partial charge in [0.25, 0.3) is 0 Å². The van der Waals surface area contributed by atoms with Gasteiger partial charge in [-0.05, 0) is 17.7 Å². The third-order valence-corrected chi connectivity index (χ3v) is 3.89. The summed E-state index contributed by atoms with van der Waals surface area (Å²) in [5, 5.41) is 14.6. The Kier molecular flexibility index (Phi) is 4.97. The number of benzene rings is 1. The molecule has 1 amide bonds. The van der Waals surface area contributed by atoms with Crippen molar-refractivity contribution < 1.29 is 9.18 Å². The Balaban J connectivity index is 1.48. The second-order valence-corrected chi connectivity index (χ2v) is 5.59. The highest BCUT2D eigenvalue weighted by Crippen LogP contribution is 2.06. The van der Waals surface area contributed by atoms with E-state index in [1.165, 1.54) is 12.1 Å². The molecular formula is C16H20FN5O. The lowest BCUT2D eigenvalue weighted by molar-refractivity contribution is -0.120. The van der Waals surface area contributed by atoms with E-state index in [-0.39, 0.29) is 18.1 Å². The monoisotopic (exact) mass is 317 g/mol. The number of amides is 1. The second-order valence-electron chi connectivity index (χ2n) is 5.59. The Bertz CT molecular complexity index is 668. The Morgan fingerprint density at radius 3 is 2.91 bits per heavy atom. The fourth-order valence-corrected chi connectivity index (χ4v) is 2.68. The summed E-state index contributed by atoms with van der Waals surface area (Å²) in [5.74, 6) is 1.54. The van der Waals surface area contributed by atoms with Gasteiger partial charge >= 0.3 is 0 Å². The lowest BCUT2D eigenvalue weighted by Gasteiger charge is -2.08. The molecule has 23 heavy (non-hydrogen) atoms. The van der Waals surface area contributed by atoms with E-state index in [2.05, 4.69) is 25.4 Å². The van der Waals surface area contributed by atoms with Crippen LogP contribution in [-0.2, 0) is 30.6 Å². The molecule has 0 fully saturated rings. The highest BCUT2D eigenvalue weighted by atomic mass is 19.1. The number of hydrogen-bond donors (Lipinski definition) is 2. The van der Waals surface area contributed by atoms with Crippen LogP contribution in [0.15, 0.2) is 24.3 Å². The molecule has 0 saturated heterocycles. The molecule has 3 rings (SSSR count). The molecule has 1 aromatic carbocycles. The van der Waals surface area contributed by atoms with Crippen LogP contribution in [0.5, 0.6) is 0 Å². The number of carbonyl (C=O) groups excluding carboxylic acids is 1. The van der Waals surface area contributed by atoms with E-state index in [1.807, 2.05) is 0 Å². The minimum Gasteiger partial charge on any atom is -0.355 e. The molecule has 0 unspecified atom stereocenters. The normalized spacial score (nSPS) is 14.1. The van der Waals surface area contributed by atoms with Gasteiger partial charge in [0, 0.05) is 39.0 Å². The number of fused-ring (bicyclic) bond motifs is 1. The average Bonchev–Trinajstić information content (AvgIpc) is 2.78. The zero-order valence-corrected chi connectivity index (χ0v) is 12.9. The van der Waals surface area contributed by atoms with E-state index >= 15 is 0 Å². The molecule has 2 heterocycles. The molecular weight excluding hydrogens is 297 g/mol. The number of nitrogens with zero attached hydrogens (tertiary/aromatic N) is 3. The van der Waals surface area contributed by atoms with Crippen molar-refractivity contribution in [3.63, 3.8) is 0 Å². The number of carbonyl (C=O) groups is 1. The highest BCUT2D eigenvalue weighted by molar-refractivity contribution is 5.78. The van der Waals surface area contributed by atoms with Gasteiger partial charge in [-0.1, -0.05) is 12.1 Å². The van der Waals surface area contributed by atoms with Crippen molar-refractivity contribution in [2.45, 2.75) is 25.8 Å². The van der Waals surface area contributed by atoms with Gasteiger partial charge in [0.05, 0.1) is 6.42 Å². The predicted octanol–water partition coefficient (Wildman–Crippen LogP) is 0.464. The Labute approximate surface area is 134 Å². The van der Waals surface area contributed by atoms with Gasteiger partial charge in [-0.15, -0.1) is 10.2 Å². The van der Waals surface area contributed by atoms with Crippen LogP contribution in [0.2, 0.25) is 0 Å². The molecule has 0 aliphatic carbocycles. The first-order valence-electron chi connectivity index (χ1n) is 7.85. The van der Waals surface area contributed by atoms with Crippen molar-refractivity contribution in [1.82, 2.24) is 25.4 Å². The molecule has 1 aliphatic heterocycles. The summed E-state index contributed by atoms with van der Waals surface area (Å²) >= 11 is 0. The predicted molar refractivity (Wildman–Crippen MR) is 83.4 cm³/mol. The minimum atomic E-state index is -0.295. The number of halogens is 1. The summed E-state index contributed by atoms with van der Waals surface area (Å²) in [6.07, 6.45) is 1.79. The van der Waals surface area contributed by atoms with Crippen LogP contribution in [-0.4, -0.2) is 40.3 Å². The average molecular weight is 317 g/mol. The lowest BCUT2D eigenvalue weighted by atomic mass is 10.1. The maximum absolute atomic E-state index is 12.8. The first kappa shape index (κ1) is 15.6. The number of aromatic nitrogens is 3. The van der Waals surface area contributed by atoms with Crippen LogP contribution in [0, 0.1) is 5.82 Å². The van der Waals surface area contributed by atoms with E-state index in [0.717, 1.165) is 43.3 Å². The number of hydrogen-bond acceptors (Lipinski definition) is 4. The maximum atomic E-state index is 12.8. The molecule has 6 nitrogen and oxygen atoms in total. The largest absolute Gasteiger partial charge is 0.355 e. The Morgan fingerprint density at radius 1 is 1.26 bits per heavy atom. The molecule has 7 heteroatoms. The first-order chi connectivity index (χ1) is 11.2. The van der Waals surface area contributed by atoms with Crippen molar-refractivity contribution in [1.29, 1.82) is 0 Å². The van der Waals surface area contributed by atoms with Crippen LogP contribution in [0.1, 0.15) is 17.2 Å². The quantitative estimate of drug-likeness (QED) is 0.841. The van der Waals surface area contributed by atoms with Crippen LogP contribution in [0.4, 0.5) is 4.39 Å². The Hall–Kier alpha value is -2.28. The molecule has 1 aliphatic rings. The first-order valence-corrected chi connectivity index (χ1v) is 7.85. The summed E-state index contributed by atoms with van der Waals surface area (Å²) in [6.45, 7) is 3.22. The molecule has 0 saturated carbocycles. The van der Waals surface area contributed by atoms with Crippen molar-refractivity contribution in [2.24, 2.45) is 0 Å². The molecule has 0 spiro atoms. The zero-order valence-electron chi connectivity index (χ0n) is 12.9. The second kappa shape index (κ2) is 7.32. The van der Waals surface area contributed by atoms with E-state index in [9.17, 15) is 9.18 Å². The maximum Gasteiger partial charge on any atom is 0.224 e. The fourth-order valence-electron chi connectivity index (χ4n) is 2.68. The topological polar surface area (TPSA) is 71.8 Å². The van der Waals surface area contributed by atoms with E-state index in [4.69, 9.17) is 0 Å². The van der Waals surface area contributed by atoms with Gasteiger partial charge in [-0.3, -0.25) is 4.79 Å². The van der Waals surface area contributed by atoms with E-state index in [1.54, 1.807) is 12.1 Å². The molecule has 0 radical (unpaired) electrons. The van der Waals surface area contributed by atoms with Gasteiger partial charge in [-0.25, -0.2) is 4.39 Å². The van der Waals surface area contributed by atoms with Crippen molar-refractivity contribution in [3.05, 3.63) is 47.3 Å². The molecule has 1 aromatic heterocycles. The smallest absolute Gasteiger partial charge is 0.224 e. The Morgan fingerprint density at radius 2 is 2.09 bits per heavy atom. The fraction of sp³-hybridized carbons (Fsp3) is 0.438.